The molecule has 0 bridgehead atoms. The van der Waals surface area contributed by atoms with Gasteiger partial charge in [0.15, 0.2) is 16.6 Å². The lowest BCUT2D eigenvalue weighted by molar-refractivity contribution is -0.122. The van der Waals surface area contributed by atoms with E-state index in [0.717, 1.165) is 10.5 Å². The Morgan fingerprint density at radius 1 is 1.03 bits per heavy atom. The zero-order valence-electron chi connectivity index (χ0n) is 18.2. The molecule has 3 aromatic carbocycles. The molecule has 2 amide bonds. The maximum atomic E-state index is 13.3. The van der Waals surface area contributed by atoms with E-state index in [1.54, 1.807) is 18.2 Å². The predicted octanol–water partition coefficient (Wildman–Crippen LogP) is 5.04. The summed E-state index contributed by atoms with van der Waals surface area (Å²) in [6, 6.07) is 14.0. The lowest BCUT2D eigenvalue weighted by Crippen LogP contribution is -2.54. The minimum Gasteiger partial charge on any atom is -0.493 e. The number of anilines is 1. The summed E-state index contributed by atoms with van der Waals surface area (Å²) in [6.45, 7) is 0.113. The van der Waals surface area contributed by atoms with E-state index in [1.165, 1.54) is 55.7 Å². The van der Waals surface area contributed by atoms with Crippen molar-refractivity contribution < 1.29 is 27.8 Å². The third kappa shape index (κ3) is 5.31. The van der Waals surface area contributed by atoms with E-state index in [1.807, 2.05) is 0 Å². The van der Waals surface area contributed by atoms with Crippen molar-refractivity contribution in [3.63, 3.8) is 0 Å². The zero-order valence-corrected chi connectivity index (χ0v) is 19.8. The molecule has 1 N–H and O–H groups in total. The second kappa shape index (κ2) is 10.2. The molecule has 10 heteroatoms. The van der Waals surface area contributed by atoms with Crippen LogP contribution in [0, 0.1) is 11.6 Å². The van der Waals surface area contributed by atoms with Crippen molar-refractivity contribution in [2.45, 2.75) is 6.61 Å². The van der Waals surface area contributed by atoms with Crippen LogP contribution in [0.2, 0.25) is 5.02 Å². The summed E-state index contributed by atoms with van der Waals surface area (Å²) in [5, 5.41) is 2.51. The van der Waals surface area contributed by atoms with Gasteiger partial charge in [-0.25, -0.2) is 8.78 Å². The number of nitrogens with one attached hydrogen (secondary N) is 1. The van der Waals surface area contributed by atoms with E-state index in [4.69, 9.17) is 33.3 Å². The Kier molecular flexibility index (Phi) is 7.09. The third-order valence-electron chi connectivity index (χ3n) is 5.05. The van der Waals surface area contributed by atoms with Gasteiger partial charge >= 0.3 is 0 Å². The first-order valence-electron chi connectivity index (χ1n) is 10.2. The van der Waals surface area contributed by atoms with Crippen molar-refractivity contribution in [1.82, 2.24) is 5.32 Å². The number of amides is 2. The fourth-order valence-electron chi connectivity index (χ4n) is 3.35. The Balaban J connectivity index is 1.63. The lowest BCUT2D eigenvalue weighted by atomic mass is 10.1. The van der Waals surface area contributed by atoms with Crippen LogP contribution in [0.4, 0.5) is 14.5 Å². The molecule has 0 saturated carbocycles. The van der Waals surface area contributed by atoms with E-state index in [-0.39, 0.29) is 39.6 Å². The highest BCUT2D eigenvalue weighted by Crippen LogP contribution is 2.38. The van der Waals surface area contributed by atoms with E-state index >= 15 is 0 Å². The maximum Gasteiger partial charge on any atom is 0.270 e. The van der Waals surface area contributed by atoms with E-state index in [9.17, 15) is 18.4 Å². The monoisotopic (exact) mass is 514 g/mol. The number of carbonyl (C=O) groups is 2. The van der Waals surface area contributed by atoms with Crippen LogP contribution < -0.4 is 19.7 Å². The highest BCUT2D eigenvalue weighted by molar-refractivity contribution is 7.80. The first kappa shape index (κ1) is 24.3. The Morgan fingerprint density at radius 3 is 2.29 bits per heavy atom. The molecular weight excluding hydrogens is 498 g/mol. The predicted molar refractivity (Wildman–Crippen MR) is 131 cm³/mol. The van der Waals surface area contributed by atoms with Crippen LogP contribution in [-0.4, -0.2) is 24.0 Å². The van der Waals surface area contributed by atoms with Gasteiger partial charge in [0, 0.05) is 0 Å². The number of ether oxygens (including phenoxy) is 2. The molecule has 1 aliphatic heterocycles. The highest BCUT2D eigenvalue weighted by Gasteiger charge is 2.34. The van der Waals surface area contributed by atoms with Crippen LogP contribution in [0.1, 0.15) is 11.1 Å². The van der Waals surface area contributed by atoms with Crippen molar-refractivity contribution in [2.75, 3.05) is 12.0 Å². The average Bonchev–Trinajstić information content (AvgIpc) is 2.83. The quantitative estimate of drug-likeness (QED) is 0.284. The van der Waals surface area contributed by atoms with Gasteiger partial charge in [-0.15, -0.1) is 0 Å². The minimum atomic E-state index is -0.690. The molecule has 0 aliphatic carbocycles. The Hall–Kier alpha value is -3.82. The van der Waals surface area contributed by atoms with Crippen molar-refractivity contribution in [3.8, 4) is 11.5 Å². The molecule has 0 aromatic heterocycles. The first-order chi connectivity index (χ1) is 16.8. The number of carbonyl (C=O) groups excluding carboxylic acids is 2. The van der Waals surface area contributed by atoms with Gasteiger partial charge in [0.2, 0.25) is 0 Å². The van der Waals surface area contributed by atoms with Gasteiger partial charge in [-0.05, 0) is 78.0 Å². The Labute approximate surface area is 209 Å². The van der Waals surface area contributed by atoms with Crippen molar-refractivity contribution >= 4 is 52.5 Å². The standard InChI is InChI=1S/C25H17ClF2N2O4S/c1-33-21-12-15(11-20(26)22(21)34-13-14-2-4-16(27)5-3-14)10-19-23(31)29-25(35)30(24(19)32)18-8-6-17(28)7-9-18/h2-12H,13H2,1H3,(H,29,31,35)/b19-10-. The largest absolute Gasteiger partial charge is 0.493 e. The normalized spacial score (nSPS) is 14.8. The first-order valence-corrected chi connectivity index (χ1v) is 11.0. The Morgan fingerprint density at radius 2 is 1.66 bits per heavy atom. The summed E-state index contributed by atoms with van der Waals surface area (Å²) < 4.78 is 37.6. The van der Waals surface area contributed by atoms with Gasteiger partial charge in [-0.3, -0.25) is 19.8 Å². The number of hydrogen-bond acceptors (Lipinski definition) is 5. The number of benzene rings is 3. The molecule has 0 atom stereocenters. The van der Waals surface area contributed by atoms with Crippen molar-refractivity contribution in [3.05, 3.63) is 94.0 Å². The maximum absolute atomic E-state index is 13.3. The van der Waals surface area contributed by atoms with Crippen molar-refractivity contribution in [2.24, 2.45) is 0 Å². The zero-order chi connectivity index (χ0) is 25.1. The molecule has 1 saturated heterocycles. The molecule has 4 rings (SSSR count). The summed E-state index contributed by atoms with van der Waals surface area (Å²) in [4.78, 5) is 26.8. The molecule has 178 valence electrons. The van der Waals surface area contributed by atoms with Gasteiger partial charge in [0.05, 0.1) is 17.8 Å². The smallest absolute Gasteiger partial charge is 0.270 e. The van der Waals surface area contributed by atoms with E-state index in [0.29, 0.717) is 11.3 Å². The molecule has 1 aliphatic rings. The molecule has 0 unspecified atom stereocenters. The number of rotatable bonds is 6. The van der Waals surface area contributed by atoms with E-state index in [2.05, 4.69) is 5.32 Å². The second-order valence-electron chi connectivity index (χ2n) is 7.38. The number of hydrogen-bond donors (Lipinski definition) is 1. The van der Waals surface area contributed by atoms with Gasteiger partial charge in [0.25, 0.3) is 11.8 Å². The molecule has 0 spiro atoms. The third-order valence-corrected chi connectivity index (χ3v) is 5.61. The molecule has 1 fully saturated rings. The number of methoxy groups -OCH3 is 1. The number of halogens is 3. The topological polar surface area (TPSA) is 67.9 Å². The van der Waals surface area contributed by atoms with Gasteiger partial charge < -0.3 is 9.47 Å². The summed E-state index contributed by atoms with van der Waals surface area (Å²) in [6.07, 6.45) is 1.34. The second-order valence-corrected chi connectivity index (χ2v) is 8.18. The molecular formula is C25H17ClF2N2O4S. The fourth-order valence-corrected chi connectivity index (χ4v) is 3.90. The van der Waals surface area contributed by atoms with Gasteiger partial charge in [-0.1, -0.05) is 23.7 Å². The van der Waals surface area contributed by atoms with Gasteiger partial charge in [0.1, 0.15) is 23.8 Å². The Bertz CT molecular complexity index is 1340. The summed E-state index contributed by atoms with van der Waals surface area (Å²) >= 11 is 11.6. The lowest BCUT2D eigenvalue weighted by Gasteiger charge is -2.29. The van der Waals surface area contributed by atoms with Crippen LogP contribution >= 0.6 is 23.8 Å². The minimum absolute atomic E-state index is 0.113. The van der Waals surface area contributed by atoms with Crippen LogP contribution in [0.3, 0.4) is 0 Å². The number of thiocarbonyl (C=S) groups is 1. The van der Waals surface area contributed by atoms with Gasteiger partial charge in [-0.2, -0.15) is 0 Å². The SMILES string of the molecule is COc1cc(/C=C2/C(=O)NC(=S)N(c3ccc(F)cc3)C2=O)cc(Cl)c1OCc1ccc(F)cc1. The molecule has 35 heavy (non-hydrogen) atoms. The van der Waals surface area contributed by atoms with Crippen LogP contribution in [0.25, 0.3) is 6.08 Å². The molecule has 6 nitrogen and oxygen atoms in total. The average molecular weight is 515 g/mol. The number of nitrogens with zero attached hydrogens (tertiary/aromatic N) is 1. The highest BCUT2D eigenvalue weighted by atomic mass is 35.5. The van der Waals surface area contributed by atoms with Crippen molar-refractivity contribution in [1.29, 1.82) is 0 Å². The molecule has 0 radical (unpaired) electrons. The summed E-state index contributed by atoms with van der Waals surface area (Å²) in [5.41, 5.74) is 1.21. The molecule has 3 aromatic rings. The molecule has 1 heterocycles. The summed E-state index contributed by atoms with van der Waals surface area (Å²) in [5.74, 6) is -1.70. The van der Waals surface area contributed by atoms with Crippen LogP contribution in [0.5, 0.6) is 11.5 Å². The van der Waals surface area contributed by atoms with Crippen LogP contribution in [-0.2, 0) is 16.2 Å². The summed E-state index contributed by atoms with van der Waals surface area (Å²) in [7, 11) is 1.42. The van der Waals surface area contributed by atoms with Crippen LogP contribution in [0.15, 0.2) is 66.2 Å². The van der Waals surface area contributed by atoms with E-state index < -0.39 is 17.6 Å². The fraction of sp³-hybridized carbons (Fsp3) is 0.0800.